The van der Waals surface area contributed by atoms with Crippen LogP contribution in [0.15, 0.2) is 36.4 Å². The first kappa shape index (κ1) is 18.8. The van der Waals surface area contributed by atoms with E-state index in [1.807, 2.05) is 45.0 Å². The first-order chi connectivity index (χ1) is 11.9. The predicted molar refractivity (Wildman–Crippen MR) is 97.6 cm³/mol. The molecule has 2 aromatic rings. The maximum absolute atomic E-state index is 12.5. The average molecular weight is 342 g/mol. The van der Waals surface area contributed by atoms with E-state index in [0.717, 1.165) is 23.4 Å². The Morgan fingerprint density at radius 2 is 1.88 bits per heavy atom. The Labute approximate surface area is 149 Å². The molecule has 0 saturated carbocycles. The smallest absolute Gasteiger partial charge is 0.340 e. The maximum Gasteiger partial charge on any atom is 0.340 e. The molecule has 0 fully saturated rings. The molecule has 0 aliphatic heterocycles. The van der Waals surface area contributed by atoms with Gasteiger partial charge in [-0.25, -0.2) is 4.79 Å². The van der Waals surface area contributed by atoms with E-state index in [2.05, 4.69) is 22.0 Å². The maximum atomic E-state index is 12.5. The van der Waals surface area contributed by atoms with Crippen LogP contribution in [0.4, 0.5) is 0 Å². The van der Waals surface area contributed by atoms with E-state index >= 15 is 0 Å². The molecule has 0 aliphatic rings. The third-order valence-corrected chi connectivity index (χ3v) is 4.18. The molecular formula is C20H26N2O3. The summed E-state index contributed by atoms with van der Waals surface area (Å²) in [5.41, 5.74) is 3.49. The lowest BCUT2D eigenvalue weighted by molar-refractivity contribution is -0.129. The minimum absolute atomic E-state index is 0.270. The third kappa shape index (κ3) is 4.72. The second-order valence-electron chi connectivity index (χ2n) is 6.20. The topological polar surface area (TPSA) is 60.3 Å². The molecule has 0 spiro atoms. The number of hydrogen-bond donors (Lipinski definition) is 1. The summed E-state index contributed by atoms with van der Waals surface area (Å²) in [4.78, 5) is 24.3. The molecule has 134 valence electrons. The van der Waals surface area contributed by atoms with Gasteiger partial charge in [-0.1, -0.05) is 37.3 Å². The van der Waals surface area contributed by atoms with E-state index < -0.39 is 12.1 Å². The van der Waals surface area contributed by atoms with Crippen molar-refractivity contribution in [3.05, 3.63) is 58.9 Å². The molecule has 2 rings (SSSR count). The summed E-state index contributed by atoms with van der Waals surface area (Å²) in [6, 6.07) is 11.9. The molecule has 0 unspecified atom stereocenters. The van der Waals surface area contributed by atoms with Crippen molar-refractivity contribution in [3.63, 3.8) is 0 Å². The fourth-order valence-corrected chi connectivity index (χ4v) is 2.69. The molecule has 0 aliphatic carbocycles. The Morgan fingerprint density at radius 3 is 2.52 bits per heavy atom. The van der Waals surface area contributed by atoms with Gasteiger partial charge in [0.2, 0.25) is 0 Å². The molecule has 1 amide bonds. The van der Waals surface area contributed by atoms with Gasteiger partial charge in [0.25, 0.3) is 5.91 Å². The molecule has 5 nitrogen and oxygen atoms in total. The number of benzene rings is 1. The highest BCUT2D eigenvalue weighted by atomic mass is 16.5. The summed E-state index contributed by atoms with van der Waals surface area (Å²) in [6.07, 6.45) is 0.0313. The molecule has 0 saturated heterocycles. The highest BCUT2D eigenvalue weighted by Gasteiger charge is 2.22. The zero-order chi connectivity index (χ0) is 18.4. The van der Waals surface area contributed by atoms with Crippen molar-refractivity contribution in [2.24, 2.45) is 0 Å². The Morgan fingerprint density at radius 1 is 1.20 bits per heavy atom. The molecular weight excluding hydrogens is 316 g/mol. The normalized spacial score (nSPS) is 11.8. The highest BCUT2D eigenvalue weighted by molar-refractivity contribution is 5.93. The molecule has 1 aromatic heterocycles. The number of ether oxygens (including phenoxy) is 1. The number of rotatable bonds is 7. The molecule has 0 radical (unpaired) electrons. The van der Waals surface area contributed by atoms with Crippen LogP contribution in [0.5, 0.6) is 0 Å². The fourth-order valence-electron chi connectivity index (χ4n) is 2.69. The van der Waals surface area contributed by atoms with E-state index in [1.165, 1.54) is 0 Å². The van der Waals surface area contributed by atoms with Crippen LogP contribution in [0.25, 0.3) is 0 Å². The number of nitrogens with zero attached hydrogens (tertiary/aromatic N) is 1. The predicted octanol–water partition coefficient (Wildman–Crippen LogP) is 3.22. The van der Waals surface area contributed by atoms with Crippen LogP contribution in [0.1, 0.15) is 47.6 Å². The van der Waals surface area contributed by atoms with E-state index in [0.29, 0.717) is 18.7 Å². The van der Waals surface area contributed by atoms with Crippen molar-refractivity contribution in [1.29, 1.82) is 0 Å². The van der Waals surface area contributed by atoms with Crippen LogP contribution in [0, 0.1) is 13.8 Å². The number of aryl methyl sites for hydroxylation is 1. The minimum atomic E-state index is -0.809. The third-order valence-electron chi connectivity index (χ3n) is 4.18. The molecule has 1 aromatic carbocycles. The van der Waals surface area contributed by atoms with Gasteiger partial charge in [-0.05, 0) is 38.8 Å². The summed E-state index contributed by atoms with van der Waals surface area (Å²) in [6.45, 7) is 8.69. The lowest BCUT2D eigenvalue weighted by atomic mass is 10.2. The monoisotopic (exact) mass is 342 g/mol. The van der Waals surface area contributed by atoms with Gasteiger partial charge in [0.15, 0.2) is 6.10 Å². The van der Waals surface area contributed by atoms with Crippen LogP contribution in [-0.4, -0.2) is 29.1 Å². The largest absolute Gasteiger partial charge is 0.449 e. The van der Waals surface area contributed by atoms with Crippen LogP contribution in [0.2, 0.25) is 0 Å². The number of carbonyl (C=O) groups is 2. The second-order valence-corrected chi connectivity index (χ2v) is 6.20. The van der Waals surface area contributed by atoms with Gasteiger partial charge in [-0.15, -0.1) is 0 Å². The number of nitrogens with one attached hydrogen (secondary N) is 1. The van der Waals surface area contributed by atoms with Gasteiger partial charge in [-0.3, -0.25) is 4.79 Å². The second kappa shape index (κ2) is 8.51. The van der Waals surface area contributed by atoms with Gasteiger partial charge in [0, 0.05) is 24.5 Å². The van der Waals surface area contributed by atoms with Gasteiger partial charge in [0.05, 0.1) is 5.56 Å². The zero-order valence-electron chi connectivity index (χ0n) is 15.3. The van der Waals surface area contributed by atoms with E-state index in [1.54, 1.807) is 6.92 Å². The summed E-state index contributed by atoms with van der Waals surface area (Å²) >= 11 is 0. The summed E-state index contributed by atoms with van der Waals surface area (Å²) < 4.78 is 7.41. The van der Waals surface area contributed by atoms with Crippen molar-refractivity contribution in [3.8, 4) is 0 Å². The lowest BCUT2D eigenvalue weighted by Crippen LogP contribution is -2.36. The number of carbonyl (C=O) groups excluding carboxylic acids is 2. The number of esters is 1. The average Bonchev–Trinajstić information content (AvgIpc) is 2.88. The van der Waals surface area contributed by atoms with Gasteiger partial charge >= 0.3 is 5.97 Å². The number of hydrogen-bond acceptors (Lipinski definition) is 3. The minimum Gasteiger partial charge on any atom is -0.449 e. The van der Waals surface area contributed by atoms with Crippen molar-refractivity contribution in [2.75, 3.05) is 6.54 Å². The molecule has 5 heteroatoms. The quantitative estimate of drug-likeness (QED) is 0.786. The molecule has 0 bridgehead atoms. The van der Waals surface area contributed by atoms with Gasteiger partial charge < -0.3 is 14.6 Å². The van der Waals surface area contributed by atoms with E-state index in [9.17, 15) is 9.59 Å². The Bertz CT molecular complexity index is 735. The molecule has 1 atom stereocenters. The van der Waals surface area contributed by atoms with Crippen molar-refractivity contribution in [2.45, 2.75) is 46.8 Å². The van der Waals surface area contributed by atoms with Crippen LogP contribution >= 0.6 is 0 Å². The standard InChI is InChI=1S/C20H26N2O3/c1-5-11-21-19(23)16(4)25-20(24)18-12-14(2)22(15(18)3)13-17-9-7-6-8-10-17/h6-10,12,16H,5,11,13H2,1-4H3,(H,21,23)/t16-/m0/s1. The molecule has 1 heterocycles. The van der Waals surface area contributed by atoms with Crippen LogP contribution < -0.4 is 5.32 Å². The fraction of sp³-hybridized carbons (Fsp3) is 0.400. The highest BCUT2D eigenvalue weighted by Crippen LogP contribution is 2.18. The lowest BCUT2D eigenvalue weighted by Gasteiger charge is -2.13. The summed E-state index contributed by atoms with van der Waals surface area (Å²) in [7, 11) is 0. The SMILES string of the molecule is CCCNC(=O)[C@H](C)OC(=O)c1cc(C)n(Cc2ccccc2)c1C. The van der Waals surface area contributed by atoms with Gasteiger partial charge in [-0.2, -0.15) is 0 Å². The molecule has 25 heavy (non-hydrogen) atoms. The first-order valence-corrected chi connectivity index (χ1v) is 8.63. The Balaban J connectivity index is 2.10. The van der Waals surface area contributed by atoms with Crippen molar-refractivity contribution in [1.82, 2.24) is 9.88 Å². The summed E-state index contributed by atoms with van der Waals surface area (Å²) in [5.74, 6) is -0.736. The number of aromatic nitrogens is 1. The number of amides is 1. The van der Waals surface area contributed by atoms with Crippen molar-refractivity contribution < 1.29 is 14.3 Å². The van der Waals surface area contributed by atoms with Crippen molar-refractivity contribution >= 4 is 11.9 Å². The Hall–Kier alpha value is -2.56. The van der Waals surface area contributed by atoms with E-state index in [-0.39, 0.29) is 5.91 Å². The van der Waals surface area contributed by atoms with Crippen LogP contribution in [0.3, 0.4) is 0 Å². The van der Waals surface area contributed by atoms with E-state index in [4.69, 9.17) is 4.74 Å². The Kier molecular flexibility index (Phi) is 6.39. The van der Waals surface area contributed by atoms with Gasteiger partial charge in [0.1, 0.15) is 0 Å². The zero-order valence-corrected chi connectivity index (χ0v) is 15.3. The first-order valence-electron chi connectivity index (χ1n) is 8.63. The van der Waals surface area contributed by atoms with Crippen LogP contribution in [-0.2, 0) is 16.1 Å². The summed E-state index contributed by atoms with van der Waals surface area (Å²) in [5, 5.41) is 2.73. The molecule has 1 N–H and O–H groups in total.